The zero-order valence-electron chi connectivity index (χ0n) is 9.59. The van der Waals surface area contributed by atoms with Gasteiger partial charge in [0.2, 0.25) is 0 Å². The fraction of sp³-hybridized carbons (Fsp3) is 0.833. The molecule has 0 spiro atoms. The Bertz CT molecular complexity index is 205. The van der Waals surface area contributed by atoms with Crippen molar-refractivity contribution < 1.29 is 0 Å². The Morgan fingerprint density at radius 1 is 1.57 bits per heavy atom. The summed E-state index contributed by atoms with van der Waals surface area (Å²) in [5.41, 5.74) is 0. The van der Waals surface area contributed by atoms with Crippen molar-refractivity contribution in [3.63, 3.8) is 0 Å². The first-order valence-electron chi connectivity index (χ1n) is 5.56. The molecule has 2 nitrogen and oxygen atoms in total. The van der Waals surface area contributed by atoms with Gasteiger partial charge in [0.1, 0.15) is 0 Å². The largest absolute Gasteiger partial charge is 0.311 e. The Morgan fingerprint density at radius 3 is 2.86 bits per heavy atom. The van der Waals surface area contributed by atoms with Gasteiger partial charge in [0, 0.05) is 38.1 Å². The van der Waals surface area contributed by atoms with Crippen LogP contribution in [0.1, 0.15) is 27.2 Å². The lowest BCUT2D eigenvalue weighted by Gasteiger charge is -2.40. The average molecular weight is 194 g/mol. The predicted octanol–water partition coefficient (Wildman–Crippen LogP) is 1.33. The second kappa shape index (κ2) is 5.38. The number of hydrogen-bond donors (Lipinski definition) is 1. The second-order valence-electron chi connectivity index (χ2n) is 4.56. The highest BCUT2D eigenvalue weighted by molar-refractivity contribution is 4.90. The summed E-state index contributed by atoms with van der Waals surface area (Å²) >= 11 is 0. The fourth-order valence-corrected chi connectivity index (χ4v) is 1.91. The summed E-state index contributed by atoms with van der Waals surface area (Å²) in [6, 6.07) is 1.25. The van der Waals surface area contributed by atoms with E-state index in [-0.39, 0.29) is 0 Å². The van der Waals surface area contributed by atoms with E-state index >= 15 is 0 Å². The van der Waals surface area contributed by atoms with Gasteiger partial charge in [-0.3, -0.25) is 4.90 Å². The van der Waals surface area contributed by atoms with Crippen molar-refractivity contribution in [2.45, 2.75) is 39.3 Å². The quantitative estimate of drug-likeness (QED) is 0.682. The zero-order chi connectivity index (χ0) is 10.6. The highest BCUT2D eigenvalue weighted by atomic mass is 15.2. The maximum Gasteiger partial charge on any atom is 0.0218 e. The normalized spacial score (nSPS) is 29.1. The van der Waals surface area contributed by atoms with Crippen molar-refractivity contribution in [2.24, 2.45) is 5.92 Å². The maximum absolute atomic E-state index is 5.29. The second-order valence-corrected chi connectivity index (χ2v) is 4.56. The number of terminal acetylenes is 1. The summed E-state index contributed by atoms with van der Waals surface area (Å²) in [5, 5.41) is 3.58. The first-order valence-corrected chi connectivity index (χ1v) is 5.56. The molecule has 1 aliphatic rings. The van der Waals surface area contributed by atoms with Crippen LogP contribution in [0.5, 0.6) is 0 Å². The lowest BCUT2D eigenvalue weighted by Crippen LogP contribution is -2.57. The molecule has 2 atom stereocenters. The van der Waals surface area contributed by atoms with Crippen LogP contribution in [0.25, 0.3) is 0 Å². The zero-order valence-corrected chi connectivity index (χ0v) is 9.59. The third-order valence-corrected chi connectivity index (χ3v) is 3.08. The number of rotatable bonds is 3. The van der Waals surface area contributed by atoms with Crippen LogP contribution in [0.2, 0.25) is 0 Å². The third-order valence-electron chi connectivity index (χ3n) is 3.08. The molecule has 0 saturated carbocycles. The summed E-state index contributed by atoms with van der Waals surface area (Å²) in [4.78, 5) is 2.50. The molecule has 1 fully saturated rings. The SMILES string of the molecule is C#CCCN1CC(C(C)C)NCC1C. The van der Waals surface area contributed by atoms with Gasteiger partial charge in [0.15, 0.2) is 0 Å². The van der Waals surface area contributed by atoms with Crippen molar-refractivity contribution in [1.82, 2.24) is 10.2 Å². The number of nitrogens with one attached hydrogen (secondary N) is 1. The van der Waals surface area contributed by atoms with E-state index in [2.05, 4.69) is 36.9 Å². The lowest BCUT2D eigenvalue weighted by molar-refractivity contribution is 0.126. The molecule has 0 aliphatic carbocycles. The van der Waals surface area contributed by atoms with Gasteiger partial charge in [0.25, 0.3) is 0 Å². The molecule has 0 amide bonds. The van der Waals surface area contributed by atoms with Gasteiger partial charge in [-0.15, -0.1) is 12.3 Å². The monoisotopic (exact) mass is 194 g/mol. The molecular weight excluding hydrogens is 172 g/mol. The molecule has 1 saturated heterocycles. The van der Waals surface area contributed by atoms with Crippen LogP contribution in [0.3, 0.4) is 0 Å². The minimum atomic E-state index is 0.623. The first kappa shape index (κ1) is 11.6. The minimum Gasteiger partial charge on any atom is -0.311 e. The topological polar surface area (TPSA) is 15.3 Å². The predicted molar refractivity (Wildman–Crippen MR) is 61.1 cm³/mol. The maximum atomic E-state index is 5.29. The number of piperazine rings is 1. The highest BCUT2D eigenvalue weighted by Crippen LogP contribution is 2.12. The van der Waals surface area contributed by atoms with Crippen molar-refractivity contribution in [3.8, 4) is 12.3 Å². The lowest BCUT2D eigenvalue weighted by atomic mass is 10.00. The standard InChI is InChI=1S/C12H22N2/c1-5-6-7-14-9-12(10(2)3)13-8-11(14)4/h1,10-13H,6-9H2,2-4H3. The Labute approximate surface area is 88.1 Å². The highest BCUT2D eigenvalue weighted by Gasteiger charge is 2.25. The van der Waals surface area contributed by atoms with Crippen LogP contribution in [0.4, 0.5) is 0 Å². The van der Waals surface area contributed by atoms with Crippen molar-refractivity contribution >= 4 is 0 Å². The Morgan fingerprint density at radius 2 is 2.29 bits per heavy atom. The van der Waals surface area contributed by atoms with E-state index in [0.717, 1.165) is 26.1 Å². The molecule has 0 bridgehead atoms. The molecule has 1 N–H and O–H groups in total. The third kappa shape index (κ3) is 3.01. The van der Waals surface area contributed by atoms with Crippen LogP contribution in [0, 0.1) is 18.3 Å². The van der Waals surface area contributed by atoms with Gasteiger partial charge in [0.05, 0.1) is 0 Å². The molecule has 0 radical (unpaired) electrons. The van der Waals surface area contributed by atoms with E-state index in [4.69, 9.17) is 6.42 Å². The fourth-order valence-electron chi connectivity index (χ4n) is 1.91. The van der Waals surface area contributed by atoms with E-state index in [1.165, 1.54) is 0 Å². The molecule has 1 aliphatic heterocycles. The van der Waals surface area contributed by atoms with Gasteiger partial charge in [-0.1, -0.05) is 13.8 Å². The number of hydrogen-bond acceptors (Lipinski definition) is 2. The Balaban J connectivity index is 2.43. The Hall–Kier alpha value is -0.520. The van der Waals surface area contributed by atoms with Crippen LogP contribution in [0.15, 0.2) is 0 Å². The van der Waals surface area contributed by atoms with Gasteiger partial charge in [-0.2, -0.15) is 0 Å². The Kier molecular flexibility index (Phi) is 4.44. The smallest absolute Gasteiger partial charge is 0.0218 e. The first-order chi connectivity index (χ1) is 6.65. The van der Waals surface area contributed by atoms with Crippen LogP contribution in [-0.4, -0.2) is 36.6 Å². The summed E-state index contributed by atoms with van der Waals surface area (Å²) in [5.74, 6) is 3.42. The van der Waals surface area contributed by atoms with Crippen LogP contribution >= 0.6 is 0 Å². The van der Waals surface area contributed by atoms with Gasteiger partial charge in [-0.05, 0) is 12.8 Å². The molecule has 1 rings (SSSR count). The van der Waals surface area contributed by atoms with Crippen molar-refractivity contribution in [2.75, 3.05) is 19.6 Å². The van der Waals surface area contributed by atoms with Gasteiger partial charge in [-0.25, -0.2) is 0 Å². The van der Waals surface area contributed by atoms with Gasteiger partial charge < -0.3 is 5.32 Å². The molecule has 0 aromatic rings. The van der Waals surface area contributed by atoms with Crippen LogP contribution in [-0.2, 0) is 0 Å². The molecule has 2 heteroatoms. The van der Waals surface area contributed by atoms with Crippen molar-refractivity contribution in [3.05, 3.63) is 0 Å². The molecule has 0 aromatic carbocycles. The summed E-state index contributed by atoms with van der Waals surface area (Å²) in [6.45, 7) is 10.1. The summed E-state index contributed by atoms with van der Waals surface area (Å²) in [6.07, 6.45) is 6.16. The van der Waals surface area contributed by atoms with E-state index in [9.17, 15) is 0 Å². The van der Waals surface area contributed by atoms with Gasteiger partial charge >= 0.3 is 0 Å². The molecule has 14 heavy (non-hydrogen) atoms. The minimum absolute atomic E-state index is 0.623. The van der Waals surface area contributed by atoms with E-state index in [1.54, 1.807) is 0 Å². The molecule has 80 valence electrons. The van der Waals surface area contributed by atoms with E-state index < -0.39 is 0 Å². The van der Waals surface area contributed by atoms with E-state index in [0.29, 0.717) is 18.0 Å². The summed E-state index contributed by atoms with van der Waals surface area (Å²) in [7, 11) is 0. The number of nitrogens with zero attached hydrogens (tertiary/aromatic N) is 1. The average Bonchev–Trinajstić information content (AvgIpc) is 2.16. The van der Waals surface area contributed by atoms with Crippen LogP contribution < -0.4 is 5.32 Å². The molecular formula is C12H22N2. The van der Waals surface area contributed by atoms with E-state index in [1.807, 2.05) is 0 Å². The van der Waals surface area contributed by atoms with Crippen molar-refractivity contribution in [1.29, 1.82) is 0 Å². The summed E-state index contributed by atoms with van der Waals surface area (Å²) < 4.78 is 0. The molecule has 0 aromatic heterocycles. The molecule has 2 unspecified atom stereocenters. The molecule has 1 heterocycles.